The van der Waals surface area contributed by atoms with Crippen LogP contribution in [0.3, 0.4) is 0 Å². The van der Waals surface area contributed by atoms with Crippen LogP contribution in [0.1, 0.15) is 39.4 Å². The number of sulfonamides is 1. The van der Waals surface area contributed by atoms with Crippen LogP contribution in [0, 0.1) is 0 Å². The summed E-state index contributed by atoms with van der Waals surface area (Å²) in [4.78, 5) is 52.0. The smallest absolute Gasteiger partial charge is 0.326 e. The van der Waals surface area contributed by atoms with Crippen molar-refractivity contribution in [3.05, 3.63) is 89.7 Å². The molecule has 3 aromatic rings. The second kappa shape index (κ2) is 12.6. The van der Waals surface area contributed by atoms with Gasteiger partial charge in [-0.2, -0.15) is 0 Å². The molecule has 1 atom stereocenters. The molecule has 204 valence electrons. The summed E-state index contributed by atoms with van der Waals surface area (Å²) in [5.74, 6) is -2.71. The second-order valence-electron chi connectivity index (χ2n) is 8.15. The number of para-hydroxylation sites is 1. The molecule has 0 aliphatic heterocycles. The molecule has 0 aliphatic rings. The molecule has 2 aromatic carbocycles. The van der Waals surface area contributed by atoms with E-state index < -0.39 is 40.4 Å². The van der Waals surface area contributed by atoms with Crippen molar-refractivity contribution >= 4 is 33.7 Å². The highest BCUT2D eigenvalue weighted by Gasteiger charge is 2.33. The minimum atomic E-state index is -4.53. The minimum absolute atomic E-state index is 0.127. The summed E-state index contributed by atoms with van der Waals surface area (Å²) in [6.45, 7) is 0.602. The van der Waals surface area contributed by atoms with Gasteiger partial charge >= 0.3 is 5.97 Å². The number of aromatic nitrogens is 1. The molecule has 3 rings (SSSR count). The lowest BCUT2D eigenvalue weighted by Crippen LogP contribution is -2.41. The van der Waals surface area contributed by atoms with E-state index in [9.17, 15) is 27.6 Å². The number of hydrogen-bond acceptors (Lipinski definition) is 9. The van der Waals surface area contributed by atoms with Crippen molar-refractivity contribution in [3.8, 4) is 5.75 Å². The van der Waals surface area contributed by atoms with E-state index in [1.54, 1.807) is 31.2 Å². The number of amides is 3. The molecule has 3 amide bonds. The fraction of sp³-hybridized carbons (Fsp3) is 0.192. The van der Waals surface area contributed by atoms with Gasteiger partial charge in [0.2, 0.25) is 0 Å². The normalized spacial score (nSPS) is 11.6. The number of carbonyl (C=O) groups is 4. The van der Waals surface area contributed by atoms with E-state index in [-0.39, 0.29) is 28.7 Å². The molecule has 0 spiro atoms. The van der Waals surface area contributed by atoms with Gasteiger partial charge in [-0.1, -0.05) is 30.3 Å². The summed E-state index contributed by atoms with van der Waals surface area (Å²) in [6.07, 6.45) is 0.983. The number of rotatable bonds is 11. The average Bonchev–Trinajstić information content (AvgIpc) is 2.94. The molecule has 12 nitrogen and oxygen atoms in total. The van der Waals surface area contributed by atoms with Crippen molar-refractivity contribution in [1.82, 2.24) is 14.6 Å². The predicted molar refractivity (Wildman–Crippen MR) is 138 cm³/mol. The molecule has 0 saturated heterocycles. The Morgan fingerprint density at radius 1 is 1.00 bits per heavy atom. The summed E-state index contributed by atoms with van der Waals surface area (Å²) in [7, 11) is -3.48. The van der Waals surface area contributed by atoms with Crippen LogP contribution >= 0.6 is 0 Å². The Bertz CT molecular complexity index is 1440. The molecule has 13 heteroatoms. The lowest BCUT2D eigenvalue weighted by molar-refractivity contribution is -0.140. The number of pyridine rings is 1. The first-order chi connectivity index (χ1) is 18.5. The van der Waals surface area contributed by atoms with E-state index in [4.69, 9.17) is 10.5 Å². The molecule has 1 heterocycles. The van der Waals surface area contributed by atoms with Crippen LogP contribution in [-0.2, 0) is 24.3 Å². The highest BCUT2D eigenvalue weighted by atomic mass is 32.2. The maximum atomic E-state index is 13.4. The number of carbonyl (C=O) groups excluding carboxylic acids is 4. The maximum Gasteiger partial charge on any atom is 0.326 e. The Morgan fingerprint density at radius 2 is 1.67 bits per heavy atom. The third-order valence-electron chi connectivity index (χ3n) is 5.45. The Morgan fingerprint density at radius 3 is 2.23 bits per heavy atom. The fourth-order valence-electron chi connectivity index (χ4n) is 3.35. The van der Waals surface area contributed by atoms with Gasteiger partial charge in [0.1, 0.15) is 18.0 Å². The maximum absolute atomic E-state index is 13.4. The summed E-state index contributed by atoms with van der Waals surface area (Å²) in [5, 5.41) is 2.75. The topological polar surface area (TPSA) is 175 Å². The number of primary amides is 1. The number of methoxy groups -OCH3 is 1. The highest BCUT2D eigenvalue weighted by Crippen LogP contribution is 2.22. The lowest BCUT2D eigenvalue weighted by Gasteiger charge is -2.22. The number of benzene rings is 2. The second-order valence-corrected chi connectivity index (χ2v) is 10.0. The van der Waals surface area contributed by atoms with Gasteiger partial charge in [0.05, 0.1) is 23.6 Å². The number of nitrogens with one attached hydrogen (secondary N) is 1. The predicted octanol–water partition coefficient (Wildman–Crippen LogP) is 1.44. The summed E-state index contributed by atoms with van der Waals surface area (Å²) in [5.41, 5.74) is 5.40. The van der Waals surface area contributed by atoms with Gasteiger partial charge < -0.3 is 20.5 Å². The van der Waals surface area contributed by atoms with Crippen LogP contribution in [0.15, 0.2) is 77.8 Å². The van der Waals surface area contributed by atoms with Crippen LogP contribution in [0.2, 0.25) is 0 Å². The SMILES string of the molecule is COC(=O)CN(C(=O)c1ccc(C(N)=O)nc1)S(=O)(=O)c1ccc(C(C)NC(=O)COc2ccccc2)cc1. The number of hydrogen-bond donors (Lipinski definition) is 2. The van der Waals surface area contributed by atoms with Crippen LogP contribution in [-0.4, -0.2) is 61.7 Å². The van der Waals surface area contributed by atoms with E-state index in [2.05, 4.69) is 15.0 Å². The van der Waals surface area contributed by atoms with Gasteiger partial charge in [-0.05, 0) is 48.9 Å². The number of esters is 1. The standard InChI is InChI=1S/C26H26N4O8S/c1-17(29-23(31)16-38-20-6-4-3-5-7-20)18-8-11-21(12-9-18)39(35,36)30(15-24(32)37-2)26(34)19-10-13-22(25(27)33)28-14-19/h3-14,17H,15-16H2,1-2H3,(H2,27,33)(H,29,31). The molecule has 0 fully saturated rings. The lowest BCUT2D eigenvalue weighted by atomic mass is 10.1. The quantitative estimate of drug-likeness (QED) is 0.332. The van der Waals surface area contributed by atoms with Gasteiger partial charge in [-0.25, -0.2) is 12.7 Å². The number of nitrogens with zero attached hydrogens (tertiary/aromatic N) is 2. The average molecular weight is 555 g/mol. The first-order valence-corrected chi connectivity index (χ1v) is 12.9. The van der Waals surface area contributed by atoms with Crippen molar-refractivity contribution in [2.24, 2.45) is 5.73 Å². The zero-order valence-electron chi connectivity index (χ0n) is 21.1. The van der Waals surface area contributed by atoms with Crippen molar-refractivity contribution < 1.29 is 37.1 Å². The largest absolute Gasteiger partial charge is 0.484 e. The summed E-state index contributed by atoms with van der Waals surface area (Å²) < 4.78 is 37.1. The molecule has 0 saturated carbocycles. The minimum Gasteiger partial charge on any atom is -0.484 e. The van der Waals surface area contributed by atoms with Crippen molar-refractivity contribution in [3.63, 3.8) is 0 Å². The fourth-order valence-corrected chi connectivity index (χ4v) is 4.68. The Kier molecular flexibility index (Phi) is 9.33. The van der Waals surface area contributed by atoms with E-state index in [0.717, 1.165) is 19.4 Å². The Hall–Kier alpha value is -4.78. The van der Waals surface area contributed by atoms with E-state index in [1.807, 2.05) is 6.07 Å². The number of ether oxygens (including phenoxy) is 2. The molecule has 3 N–H and O–H groups in total. The summed E-state index contributed by atoms with van der Waals surface area (Å²) >= 11 is 0. The van der Waals surface area contributed by atoms with Crippen LogP contribution in [0.25, 0.3) is 0 Å². The van der Waals surface area contributed by atoms with E-state index in [1.165, 1.54) is 30.3 Å². The van der Waals surface area contributed by atoms with Crippen LogP contribution in [0.4, 0.5) is 0 Å². The monoisotopic (exact) mass is 554 g/mol. The van der Waals surface area contributed by atoms with Crippen molar-refractivity contribution in [1.29, 1.82) is 0 Å². The third-order valence-corrected chi connectivity index (χ3v) is 7.19. The summed E-state index contributed by atoms with van der Waals surface area (Å²) in [6, 6.07) is 16.1. The Labute approximate surface area is 224 Å². The van der Waals surface area contributed by atoms with Crippen molar-refractivity contribution in [2.75, 3.05) is 20.3 Å². The van der Waals surface area contributed by atoms with E-state index in [0.29, 0.717) is 15.6 Å². The van der Waals surface area contributed by atoms with Gasteiger partial charge in [-0.15, -0.1) is 0 Å². The zero-order valence-corrected chi connectivity index (χ0v) is 21.9. The molecular formula is C26H26N4O8S. The molecule has 1 unspecified atom stereocenters. The molecule has 0 bridgehead atoms. The van der Waals surface area contributed by atoms with Gasteiger partial charge in [-0.3, -0.25) is 24.2 Å². The van der Waals surface area contributed by atoms with Gasteiger partial charge in [0, 0.05) is 6.20 Å². The Balaban J connectivity index is 1.76. The highest BCUT2D eigenvalue weighted by molar-refractivity contribution is 7.89. The molecule has 1 aromatic heterocycles. The molecule has 0 aliphatic carbocycles. The number of nitrogens with two attached hydrogens (primary N) is 1. The van der Waals surface area contributed by atoms with Crippen LogP contribution in [0.5, 0.6) is 5.75 Å². The van der Waals surface area contributed by atoms with Crippen molar-refractivity contribution in [2.45, 2.75) is 17.9 Å². The molecule has 39 heavy (non-hydrogen) atoms. The first kappa shape index (κ1) is 28.8. The third kappa shape index (κ3) is 7.38. The zero-order chi connectivity index (χ0) is 28.6. The molecule has 0 radical (unpaired) electrons. The first-order valence-electron chi connectivity index (χ1n) is 11.5. The van der Waals surface area contributed by atoms with E-state index >= 15 is 0 Å². The van der Waals surface area contributed by atoms with Gasteiger partial charge in [0.25, 0.3) is 27.7 Å². The van der Waals surface area contributed by atoms with Gasteiger partial charge in [0.15, 0.2) is 6.61 Å². The van der Waals surface area contributed by atoms with Crippen LogP contribution < -0.4 is 15.8 Å². The molecular weight excluding hydrogens is 528 g/mol.